The lowest BCUT2D eigenvalue weighted by molar-refractivity contribution is -0.143. The molecule has 1 N–H and O–H groups in total. The minimum atomic E-state index is -0.680. The second kappa shape index (κ2) is 6.83. The van der Waals surface area contributed by atoms with Crippen LogP contribution in [-0.4, -0.2) is 31.9 Å². The first-order chi connectivity index (χ1) is 9.56. The Morgan fingerprint density at radius 2 is 2.15 bits per heavy atom. The van der Waals surface area contributed by atoms with E-state index >= 15 is 0 Å². The van der Waals surface area contributed by atoms with Gasteiger partial charge in [0, 0.05) is 6.54 Å². The molecule has 1 fully saturated rings. The van der Waals surface area contributed by atoms with Gasteiger partial charge in [-0.05, 0) is 31.6 Å². The molecule has 1 heterocycles. The van der Waals surface area contributed by atoms with Crippen LogP contribution < -0.4 is 0 Å². The highest BCUT2D eigenvalue weighted by Crippen LogP contribution is 2.26. The summed E-state index contributed by atoms with van der Waals surface area (Å²) in [5.74, 6) is 0.486. The zero-order valence-electron chi connectivity index (χ0n) is 12.2. The van der Waals surface area contributed by atoms with Crippen LogP contribution in [0.3, 0.4) is 0 Å². The Morgan fingerprint density at radius 1 is 1.45 bits per heavy atom. The fraction of sp³-hybridized carbons (Fsp3) is 0.786. The fourth-order valence-electron chi connectivity index (χ4n) is 2.57. The van der Waals surface area contributed by atoms with Gasteiger partial charge in [-0.25, -0.2) is 9.67 Å². The molecule has 0 atom stereocenters. The lowest BCUT2D eigenvalue weighted by atomic mass is 9.87. The van der Waals surface area contributed by atoms with E-state index in [1.165, 1.54) is 0 Å². The van der Waals surface area contributed by atoms with Crippen molar-refractivity contribution in [3.05, 3.63) is 12.2 Å². The van der Waals surface area contributed by atoms with Crippen LogP contribution in [0, 0.1) is 11.8 Å². The molecular weight excluding hydrogens is 258 g/mol. The van der Waals surface area contributed by atoms with Crippen molar-refractivity contribution < 1.29 is 14.6 Å². The SMILES string of the molecule is CC(C)Cn1ncnc1COC1CCC(C(=O)O)CC1. The summed E-state index contributed by atoms with van der Waals surface area (Å²) in [7, 11) is 0. The van der Waals surface area contributed by atoms with Crippen LogP contribution in [0.15, 0.2) is 6.33 Å². The number of hydrogen-bond donors (Lipinski definition) is 1. The molecule has 0 bridgehead atoms. The molecule has 1 saturated carbocycles. The zero-order valence-corrected chi connectivity index (χ0v) is 12.2. The van der Waals surface area contributed by atoms with E-state index in [0.29, 0.717) is 25.4 Å². The van der Waals surface area contributed by atoms with Gasteiger partial charge in [0.15, 0.2) is 5.82 Å². The highest BCUT2D eigenvalue weighted by molar-refractivity contribution is 5.70. The predicted octanol–water partition coefficient (Wildman–Crippen LogP) is 2.09. The largest absolute Gasteiger partial charge is 0.481 e. The summed E-state index contributed by atoms with van der Waals surface area (Å²) >= 11 is 0. The molecule has 0 spiro atoms. The quantitative estimate of drug-likeness (QED) is 0.864. The first kappa shape index (κ1) is 15.0. The van der Waals surface area contributed by atoms with Gasteiger partial charge in [0.05, 0.1) is 12.0 Å². The molecule has 0 aliphatic heterocycles. The molecule has 0 radical (unpaired) electrons. The third-order valence-corrected chi connectivity index (χ3v) is 3.71. The average molecular weight is 281 g/mol. The number of carbonyl (C=O) groups is 1. The molecular formula is C14H23N3O3. The number of hydrogen-bond acceptors (Lipinski definition) is 4. The van der Waals surface area contributed by atoms with Gasteiger partial charge in [0.2, 0.25) is 0 Å². The van der Waals surface area contributed by atoms with Crippen LogP contribution in [0.1, 0.15) is 45.4 Å². The predicted molar refractivity (Wildman–Crippen MR) is 73.0 cm³/mol. The molecule has 2 rings (SSSR count). The number of aliphatic carboxylic acids is 1. The second-order valence-electron chi connectivity index (χ2n) is 5.88. The summed E-state index contributed by atoms with van der Waals surface area (Å²) < 4.78 is 7.74. The molecule has 6 heteroatoms. The van der Waals surface area contributed by atoms with Crippen molar-refractivity contribution in [3.63, 3.8) is 0 Å². The molecule has 0 amide bonds. The Labute approximate surface area is 119 Å². The van der Waals surface area contributed by atoms with E-state index in [1.807, 2.05) is 4.68 Å². The van der Waals surface area contributed by atoms with Gasteiger partial charge in [-0.3, -0.25) is 4.79 Å². The molecule has 0 unspecified atom stereocenters. The maximum absolute atomic E-state index is 10.9. The average Bonchev–Trinajstić information content (AvgIpc) is 2.83. The van der Waals surface area contributed by atoms with E-state index in [1.54, 1.807) is 6.33 Å². The standard InChI is InChI=1S/C14H23N3O3/c1-10(2)7-17-13(15-9-16-17)8-20-12-5-3-11(4-6-12)14(18)19/h9-12H,3-8H2,1-2H3,(H,18,19). The van der Waals surface area contributed by atoms with Gasteiger partial charge < -0.3 is 9.84 Å². The highest BCUT2D eigenvalue weighted by atomic mass is 16.5. The molecule has 20 heavy (non-hydrogen) atoms. The van der Waals surface area contributed by atoms with E-state index in [9.17, 15) is 4.79 Å². The molecule has 112 valence electrons. The van der Waals surface area contributed by atoms with Crippen LogP contribution in [0.25, 0.3) is 0 Å². The Balaban J connectivity index is 1.79. The number of aromatic nitrogens is 3. The van der Waals surface area contributed by atoms with Gasteiger partial charge >= 0.3 is 5.97 Å². The van der Waals surface area contributed by atoms with Gasteiger partial charge in [-0.1, -0.05) is 13.8 Å². The van der Waals surface area contributed by atoms with Crippen molar-refractivity contribution in [1.82, 2.24) is 14.8 Å². The zero-order chi connectivity index (χ0) is 14.5. The lowest BCUT2D eigenvalue weighted by Crippen LogP contribution is -2.26. The summed E-state index contributed by atoms with van der Waals surface area (Å²) in [5.41, 5.74) is 0. The van der Waals surface area contributed by atoms with Crippen molar-refractivity contribution in [2.45, 2.75) is 58.8 Å². The van der Waals surface area contributed by atoms with Crippen molar-refractivity contribution in [2.75, 3.05) is 0 Å². The van der Waals surface area contributed by atoms with E-state index in [2.05, 4.69) is 23.9 Å². The van der Waals surface area contributed by atoms with Crippen LogP contribution in [0.5, 0.6) is 0 Å². The smallest absolute Gasteiger partial charge is 0.306 e. The summed E-state index contributed by atoms with van der Waals surface area (Å²) in [6, 6.07) is 0. The number of carboxylic acids is 1. The van der Waals surface area contributed by atoms with Gasteiger partial charge in [-0.15, -0.1) is 0 Å². The monoisotopic (exact) mass is 281 g/mol. The van der Waals surface area contributed by atoms with Gasteiger partial charge in [-0.2, -0.15) is 5.10 Å². The first-order valence-electron chi connectivity index (χ1n) is 7.27. The third kappa shape index (κ3) is 4.03. The third-order valence-electron chi connectivity index (χ3n) is 3.71. The number of ether oxygens (including phenoxy) is 1. The Hall–Kier alpha value is -1.43. The van der Waals surface area contributed by atoms with E-state index in [0.717, 1.165) is 25.2 Å². The molecule has 1 aliphatic carbocycles. The summed E-state index contributed by atoms with van der Waals surface area (Å²) in [6.07, 6.45) is 4.75. The minimum absolute atomic E-state index is 0.148. The molecule has 0 aromatic carbocycles. The summed E-state index contributed by atoms with van der Waals surface area (Å²) in [4.78, 5) is 15.1. The van der Waals surface area contributed by atoms with Crippen LogP contribution in [0.2, 0.25) is 0 Å². The fourth-order valence-corrected chi connectivity index (χ4v) is 2.57. The highest BCUT2D eigenvalue weighted by Gasteiger charge is 2.26. The van der Waals surface area contributed by atoms with Crippen LogP contribution in [-0.2, 0) is 22.7 Å². The van der Waals surface area contributed by atoms with E-state index in [-0.39, 0.29) is 12.0 Å². The first-order valence-corrected chi connectivity index (χ1v) is 7.27. The topological polar surface area (TPSA) is 77.2 Å². The van der Waals surface area contributed by atoms with Crippen molar-refractivity contribution in [2.24, 2.45) is 11.8 Å². The Bertz CT molecular complexity index is 437. The van der Waals surface area contributed by atoms with Gasteiger partial charge in [0.1, 0.15) is 12.9 Å². The number of rotatable bonds is 6. The molecule has 1 aromatic rings. The summed E-state index contributed by atoms with van der Waals surface area (Å²) in [5, 5.41) is 13.2. The van der Waals surface area contributed by atoms with E-state index in [4.69, 9.17) is 9.84 Å². The molecule has 0 saturated heterocycles. The molecule has 1 aliphatic rings. The van der Waals surface area contributed by atoms with Crippen molar-refractivity contribution >= 4 is 5.97 Å². The number of nitrogens with zero attached hydrogens (tertiary/aromatic N) is 3. The maximum atomic E-state index is 10.9. The normalized spacial score (nSPS) is 23.1. The maximum Gasteiger partial charge on any atom is 0.306 e. The molecule has 1 aromatic heterocycles. The van der Waals surface area contributed by atoms with E-state index < -0.39 is 5.97 Å². The van der Waals surface area contributed by atoms with Gasteiger partial charge in [0.25, 0.3) is 0 Å². The Kier molecular flexibility index (Phi) is 5.11. The van der Waals surface area contributed by atoms with Crippen molar-refractivity contribution in [3.8, 4) is 0 Å². The Morgan fingerprint density at radius 3 is 2.75 bits per heavy atom. The number of carboxylic acid groups (broad SMARTS) is 1. The van der Waals surface area contributed by atoms with Crippen molar-refractivity contribution in [1.29, 1.82) is 0 Å². The van der Waals surface area contributed by atoms with Crippen LogP contribution >= 0.6 is 0 Å². The summed E-state index contributed by atoms with van der Waals surface area (Å²) in [6.45, 7) is 5.57. The molecule has 6 nitrogen and oxygen atoms in total. The lowest BCUT2D eigenvalue weighted by Gasteiger charge is -2.26. The second-order valence-corrected chi connectivity index (χ2v) is 5.88. The van der Waals surface area contributed by atoms with Crippen LogP contribution in [0.4, 0.5) is 0 Å². The minimum Gasteiger partial charge on any atom is -0.481 e.